The molecule has 1 heterocycles. The molecule has 2 rings (SSSR count). The van der Waals surface area contributed by atoms with E-state index in [0.29, 0.717) is 11.5 Å². The largest absolute Gasteiger partial charge is 0.389 e. The molecule has 1 saturated heterocycles. The van der Waals surface area contributed by atoms with E-state index < -0.39 is 0 Å². The molecule has 0 aromatic rings. The van der Waals surface area contributed by atoms with E-state index in [9.17, 15) is 5.11 Å². The van der Waals surface area contributed by atoms with Crippen molar-refractivity contribution < 1.29 is 5.11 Å². The molecule has 1 aliphatic heterocycles. The van der Waals surface area contributed by atoms with Gasteiger partial charge in [0.05, 0.1) is 5.60 Å². The lowest BCUT2D eigenvalue weighted by molar-refractivity contribution is -0.0355. The Morgan fingerprint density at radius 2 is 2.07 bits per heavy atom. The van der Waals surface area contributed by atoms with Gasteiger partial charge in [-0.2, -0.15) is 11.8 Å². The van der Waals surface area contributed by atoms with Crippen LogP contribution in [0.5, 0.6) is 0 Å². The zero-order chi connectivity index (χ0) is 10.9. The number of thioether (sulfide) groups is 1. The maximum Gasteiger partial charge on any atom is 0.0771 e. The highest BCUT2D eigenvalue weighted by molar-refractivity contribution is 7.99. The first-order valence-corrected chi connectivity index (χ1v) is 7.21. The summed E-state index contributed by atoms with van der Waals surface area (Å²) in [6.07, 6.45) is 4.45. The quantitative estimate of drug-likeness (QED) is 0.776. The number of hydrogen-bond donors (Lipinski definition) is 2. The van der Waals surface area contributed by atoms with Crippen LogP contribution < -0.4 is 5.32 Å². The molecule has 15 heavy (non-hydrogen) atoms. The smallest absolute Gasteiger partial charge is 0.0771 e. The molecule has 1 atom stereocenters. The minimum absolute atomic E-state index is 0.377. The Bertz CT molecular complexity index is 226. The lowest BCUT2D eigenvalue weighted by Crippen LogP contribution is -2.54. The highest BCUT2D eigenvalue weighted by Gasteiger charge is 2.37. The predicted molar refractivity (Wildman–Crippen MR) is 66.3 cm³/mol. The van der Waals surface area contributed by atoms with Crippen LogP contribution in [0.3, 0.4) is 0 Å². The molecule has 0 bridgehead atoms. The van der Waals surface area contributed by atoms with Gasteiger partial charge in [-0.05, 0) is 36.9 Å². The first-order valence-electron chi connectivity index (χ1n) is 6.05. The average molecular weight is 229 g/mol. The van der Waals surface area contributed by atoms with Crippen LogP contribution in [-0.4, -0.2) is 34.8 Å². The van der Waals surface area contributed by atoms with Crippen molar-refractivity contribution in [1.29, 1.82) is 0 Å². The van der Waals surface area contributed by atoms with Gasteiger partial charge in [0.2, 0.25) is 0 Å². The fourth-order valence-corrected chi connectivity index (χ4v) is 3.99. The van der Waals surface area contributed by atoms with Crippen molar-refractivity contribution >= 4 is 11.8 Å². The first kappa shape index (κ1) is 11.7. The fraction of sp³-hybridized carbons (Fsp3) is 1.00. The molecule has 0 radical (unpaired) electrons. The summed E-state index contributed by atoms with van der Waals surface area (Å²) in [7, 11) is 0. The second-order valence-corrected chi connectivity index (χ2v) is 6.97. The van der Waals surface area contributed by atoms with Crippen LogP contribution in [0.2, 0.25) is 0 Å². The van der Waals surface area contributed by atoms with Crippen molar-refractivity contribution in [1.82, 2.24) is 5.32 Å². The summed E-state index contributed by atoms with van der Waals surface area (Å²) in [5, 5.41) is 13.6. The van der Waals surface area contributed by atoms with Gasteiger partial charge in [0.25, 0.3) is 0 Å². The Morgan fingerprint density at radius 1 is 1.33 bits per heavy atom. The lowest BCUT2D eigenvalue weighted by atomic mass is 9.78. The van der Waals surface area contributed by atoms with Crippen LogP contribution in [0.1, 0.15) is 39.5 Å². The van der Waals surface area contributed by atoms with E-state index in [4.69, 9.17) is 0 Å². The van der Waals surface area contributed by atoms with Gasteiger partial charge in [-0.15, -0.1) is 0 Å². The molecule has 0 aromatic heterocycles. The van der Waals surface area contributed by atoms with Gasteiger partial charge < -0.3 is 10.4 Å². The average Bonchev–Trinajstić information content (AvgIpc) is 2.13. The molecule has 0 aromatic carbocycles. The van der Waals surface area contributed by atoms with Gasteiger partial charge >= 0.3 is 0 Å². The predicted octanol–water partition coefficient (Wildman–Crippen LogP) is 2.02. The van der Waals surface area contributed by atoms with Crippen LogP contribution in [0, 0.1) is 5.41 Å². The molecule has 2 aliphatic rings. The Labute approximate surface area is 97.2 Å². The molecule has 1 aliphatic carbocycles. The van der Waals surface area contributed by atoms with E-state index in [1.165, 1.54) is 24.3 Å². The molecule has 0 amide bonds. The second-order valence-electron chi connectivity index (χ2n) is 5.82. The minimum atomic E-state index is -0.377. The zero-order valence-corrected chi connectivity index (χ0v) is 10.7. The van der Waals surface area contributed by atoms with Crippen molar-refractivity contribution in [2.75, 3.05) is 18.1 Å². The Kier molecular flexibility index (Phi) is 3.34. The SMILES string of the molecule is CC1(C)CCSCC1NCC1(O)CCC1. The molecule has 3 heteroatoms. The number of nitrogens with one attached hydrogen (secondary N) is 1. The van der Waals surface area contributed by atoms with Crippen LogP contribution in [0.15, 0.2) is 0 Å². The third-order valence-corrected chi connectivity index (χ3v) is 5.14. The van der Waals surface area contributed by atoms with Gasteiger partial charge in [0.15, 0.2) is 0 Å². The summed E-state index contributed by atoms with van der Waals surface area (Å²) in [4.78, 5) is 0. The summed E-state index contributed by atoms with van der Waals surface area (Å²) in [5.74, 6) is 2.48. The van der Waals surface area contributed by atoms with Crippen molar-refractivity contribution in [3.63, 3.8) is 0 Å². The molecule has 2 N–H and O–H groups in total. The van der Waals surface area contributed by atoms with Gasteiger partial charge in [0, 0.05) is 18.3 Å². The molecule has 2 nitrogen and oxygen atoms in total. The molecule has 88 valence electrons. The van der Waals surface area contributed by atoms with Crippen LogP contribution >= 0.6 is 11.8 Å². The first-order chi connectivity index (χ1) is 7.02. The Balaban J connectivity index is 1.82. The second kappa shape index (κ2) is 4.27. The number of hydrogen-bond acceptors (Lipinski definition) is 3. The van der Waals surface area contributed by atoms with Crippen LogP contribution in [0.25, 0.3) is 0 Å². The maximum absolute atomic E-state index is 10.0. The third kappa shape index (κ3) is 2.69. The van der Waals surface area contributed by atoms with Gasteiger partial charge in [-0.25, -0.2) is 0 Å². The van der Waals surface area contributed by atoms with E-state index in [-0.39, 0.29) is 5.60 Å². The molecule has 0 spiro atoms. The van der Waals surface area contributed by atoms with Crippen molar-refractivity contribution in [3.05, 3.63) is 0 Å². The number of aliphatic hydroxyl groups is 1. The minimum Gasteiger partial charge on any atom is -0.389 e. The normalized spacial score (nSPS) is 33.4. The van der Waals surface area contributed by atoms with Crippen LogP contribution in [0.4, 0.5) is 0 Å². The van der Waals surface area contributed by atoms with Crippen molar-refractivity contribution in [3.8, 4) is 0 Å². The summed E-state index contributed by atoms with van der Waals surface area (Å²) in [6.45, 7) is 5.48. The van der Waals surface area contributed by atoms with E-state index >= 15 is 0 Å². The zero-order valence-electron chi connectivity index (χ0n) is 9.88. The Morgan fingerprint density at radius 3 is 2.60 bits per heavy atom. The monoisotopic (exact) mass is 229 g/mol. The van der Waals surface area contributed by atoms with Gasteiger partial charge in [-0.1, -0.05) is 13.8 Å². The summed E-state index contributed by atoms with van der Waals surface area (Å²) in [5.41, 5.74) is 0.0174. The van der Waals surface area contributed by atoms with Gasteiger partial charge in [-0.3, -0.25) is 0 Å². The molecule has 2 fully saturated rings. The van der Waals surface area contributed by atoms with E-state index in [1.54, 1.807) is 0 Å². The van der Waals surface area contributed by atoms with Crippen molar-refractivity contribution in [2.45, 2.75) is 51.2 Å². The Hall–Kier alpha value is 0.270. The molecule has 1 saturated carbocycles. The standard InChI is InChI=1S/C12H23NOS/c1-11(2)6-7-15-8-10(11)13-9-12(14)4-3-5-12/h10,13-14H,3-9H2,1-2H3. The maximum atomic E-state index is 10.0. The van der Waals surface area contributed by atoms with E-state index in [0.717, 1.165) is 19.4 Å². The fourth-order valence-electron chi connectivity index (χ4n) is 2.35. The third-order valence-electron chi connectivity index (χ3n) is 4.08. The van der Waals surface area contributed by atoms with E-state index in [2.05, 4.69) is 19.2 Å². The topological polar surface area (TPSA) is 32.3 Å². The van der Waals surface area contributed by atoms with Crippen LogP contribution in [-0.2, 0) is 0 Å². The summed E-state index contributed by atoms with van der Waals surface area (Å²) >= 11 is 2.04. The summed E-state index contributed by atoms with van der Waals surface area (Å²) < 4.78 is 0. The lowest BCUT2D eigenvalue weighted by Gasteiger charge is -2.43. The highest BCUT2D eigenvalue weighted by atomic mass is 32.2. The molecular weight excluding hydrogens is 206 g/mol. The summed E-state index contributed by atoms with van der Waals surface area (Å²) in [6, 6.07) is 0.570. The van der Waals surface area contributed by atoms with Crippen molar-refractivity contribution in [2.24, 2.45) is 5.41 Å². The molecular formula is C12H23NOS. The molecule has 1 unspecified atom stereocenters. The van der Waals surface area contributed by atoms with E-state index in [1.807, 2.05) is 11.8 Å². The van der Waals surface area contributed by atoms with Gasteiger partial charge in [0.1, 0.15) is 0 Å². The highest BCUT2D eigenvalue weighted by Crippen LogP contribution is 2.36. The number of rotatable bonds is 3.